The van der Waals surface area contributed by atoms with Crippen LogP contribution < -0.4 is 15.0 Å². The van der Waals surface area contributed by atoms with Crippen molar-refractivity contribution in [2.24, 2.45) is 5.92 Å². The lowest BCUT2D eigenvalue weighted by Crippen LogP contribution is -2.64. The Bertz CT molecular complexity index is 647. The van der Waals surface area contributed by atoms with E-state index in [1.165, 1.54) is 12.0 Å². The fourth-order valence-corrected chi connectivity index (χ4v) is 3.35. The second-order valence-electron chi connectivity index (χ2n) is 6.17. The molecular weight excluding hydrogens is 324 g/mol. The molecule has 7 heteroatoms. The maximum Gasteiger partial charge on any atom is 0.266 e. The number of rotatable bonds is 7. The van der Waals surface area contributed by atoms with Crippen LogP contribution in [0.5, 0.6) is 11.5 Å². The summed E-state index contributed by atoms with van der Waals surface area (Å²) in [4.78, 5) is 26.3. The predicted molar refractivity (Wildman–Crippen MR) is 92.1 cm³/mol. The van der Waals surface area contributed by atoms with Gasteiger partial charge in [-0.25, -0.2) is 5.48 Å². The molecule has 1 aliphatic rings. The normalized spacial score (nSPS) is 19.2. The van der Waals surface area contributed by atoms with Gasteiger partial charge in [-0.3, -0.25) is 14.8 Å². The van der Waals surface area contributed by atoms with E-state index >= 15 is 0 Å². The summed E-state index contributed by atoms with van der Waals surface area (Å²) in [5, 5.41) is 8.94. The van der Waals surface area contributed by atoms with E-state index in [-0.39, 0.29) is 11.8 Å². The van der Waals surface area contributed by atoms with Crippen molar-refractivity contribution in [3.8, 4) is 11.5 Å². The van der Waals surface area contributed by atoms with Gasteiger partial charge in [0.25, 0.3) is 11.8 Å². The van der Waals surface area contributed by atoms with Crippen LogP contribution in [0.3, 0.4) is 0 Å². The van der Waals surface area contributed by atoms with Gasteiger partial charge in [0.2, 0.25) is 0 Å². The third-order valence-electron chi connectivity index (χ3n) is 4.70. The second-order valence-corrected chi connectivity index (χ2v) is 6.17. The van der Waals surface area contributed by atoms with E-state index in [1.807, 2.05) is 13.8 Å². The van der Waals surface area contributed by atoms with Crippen molar-refractivity contribution in [3.05, 3.63) is 23.3 Å². The van der Waals surface area contributed by atoms with E-state index in [4.69, 9.17) is 14.7 Å². The Labute approximate surface area is 147 Å². The first kappa shape index (κ1) is 19.1. The highest BCUT2D eigenvalue weighted by molar-refractivity contribution is 5.99. The van der Waals surface area contributed by atoms with Crippen LogP contribution in [0.1, 0.15) is 42.6 Å². The summed E-state index contributed by atoms with van der Waals surface area (Å²) in [5.74, 6) is 0.358. The van der Waals surface area contributed by atoms with Gasteiger partial charge in [-0.15, -0.1) is 0 Å². The smallest absolute Gasteiger partial charge is 0.266 e. The van der Waals surface area contributed by atoms with Gasteiger partial charge in [0.05, 0.1) is 14.2 Å². The molecule has 138 valence electrons. The van der Waals surface area contributed by atoms with Crippen molar-refractivity contribution in [2.45, 2.75) is 39.2 Å². The number of likely N-dealkylation sites (tertiary alicyclic amines) is 1. The number of ether oxygens (including phenoxy) is 2. The summed E-state index contributed by atoms with van der Waals surface area (Å²) in [7, 11) is 3.10. The Hall–Kier alpha value is -2.28. The van der Waals surface area contributed by atoms with Gasteiger partial charge in [0, 0.05) is 18.0 Å². The van der Waals surface area contributed by atoms with Crippen molar-refractivity contribution < 1.29 is 24.3 Å². The molecule has 0 aromatic heterocycles. The van der Waals surface area contributed by atoms with Gasteiger partial charge >= 0.3 is 0 Å². The molecule has 0 unspecified atom stereocenters. The number of nitrogens with one attached hydrogen (secondary N) is 1. The molecule has 25 heavy (non-hydrogen) atoms. The van der Waals surface area contributed by atoms with Crippen molar-refractivity contribution in [2.75, 3.05) is 20.8 Å². The minimum absolute atomic E-state index is 0.0476. The maximum absolute atomic E-state index is 12.9. The van der Waals surface area contributed by atoms with E-state index in [2.05, 4.69) is 0 Å². The molecule has 1 aromatic rings. The number of hydrogen-bond donors (Lipinski definition) is 2. The first-order chi connectivity index (χ1) is 12.0. The molecule has 2 amide bonds. The molecule has 2 N–H and O–H groups in total. The van der Waals surface area contributed by atoms with Crippen LogP contribution in [-0.4, -0.2) is 48.7 Å². The van der Waals surface area contributed by atoms with E-state index in [1.54, 1.807) is 24.7 Å². The first-order valence-electron chi connectivity index (χ1n) is 8.52. The van der Waals surface area contributed by atoms with Crippen LogP contribution in [0.25, 0.3) is 0 Å². The fraction of sp³-hybridized carbons (Fsp3) is 0.556. The predicted octanol–water partition coefficient (Wildman–Crippen LogP) is 2.01. The van der Waals surface area contributed by atoms with Gasteiger partial charge in [-0.05, 0) is 30.5 Å². The number of aryl methyl sites for hydroxylation is 1. The summed E-state index contributed by atoms with van der Waals surface area (Å²) in [6.07, 6.45) is 2.40. The molecule has 0 saturated carbocycles. The summed E-state index contributed by atoms with van der Waals surface area (Å²) in [6.45, 7) is 4.49. The summed E-state index contributed by atoms with van der Waals surface area (Å²) >= 11 is 0. The SMILES string of the molecule is CCCc1cc(C(=O)N2C[C@H](CC)[C@H]2C(=O)NO)cc(OC)c1OC. The van der Waals surface area contributed by atoms with E-state index in [0.29, 0.717) is 23.6 Å². The number of carbonyl (C=O) groups is 2. The van der Waals surface area contributed by atoms with E-state index in [9.17, 15) is 9.59 Å². The zero-order valence-corrected chi connectivity index (χ0v) is 15.2. The molecular formula is C18H26N2O5. The molecule has 1 heterocycles. The Balaban J connectivity index is 2.35. The molecule has 0 aliphatic carbocycles. The second kappa shape index (κ2) is 8.20. The van der Waals surface area contributed by atoms with Crippen LogP contribution >= 0.6 is 0 Å². The lowest BCUT2D eigenvalue weighted by Gasteiger charge is -2.46. The van der Waals surface area contributed by atoms with Crippen LogP contribution in [0, 0.1) is 5.92 Å². The number of methoxy groups -OCH3 is 2. The molecule has 1 saturated heterocycles. The Kier molecular flexibility index (Phi) is 6.25. The van der Waals surface area contributed by atoms with Gasteiger partial charge < -0.3 is 14.4 Å². The number of amides is 2. The molecule has 1 fully saturated rings. The Morgan fingerprint density at radius 3 is 2.52 bits per heavy atom. The van der Waals surface area contributed by atoms with Gasteiger partial charge in [-0.2, -0.15) is 0 Å². The number of hydrogen-bond acceptors (Lipinski definition) is 5. The largest absolute Gasteiger partial charge is 0.493 e. The number of hydroxylamine groups is 1. The Morgan fingerprint density at radius 2 is 2.00 bits per heavy atom. The highest BCUT2D eigenvalue weighted by Crippen LogP contribution is 2.36. The molecule has 1 aromatic carbocycles. The van der Waals surface area contributed by atoms with Crippen LogP contribution in [-0.2, 0) is 11.2 Å². The van der Waals surface area contributed by atoms with Gasteiger partial charge in [0.1, 0.15) is 6.04 Å². The fourth-order valence-electron chi connectivity index (χ4n) is 3.35. The van der Waals surface area contributed by atoms with E-state index < -0.39 is 11.9 Å². The van der Waals surface area contributed by atoms with Crippen LogP contribution in [0.2, 0.25) is 0 Å². The molecule has 1 aliphatic heterocycles. The summed E-state index contributed by atoms with van der Waals surface area (Å²) < 4.78 is 10.8. The maximum atomic E-state index is 12.9. The van der Waals surface area contributed by atoms with Gasteiger partial charge in [-0.1, -0.05) is 20.3 Å². The van der Waals surface area contributed by atoms with Crippen molar-refractivity contribution in [1.82, 2.24) is 10.4 Å². The summed E-state index contributed by atoms with van der Waals surface area (Å²) in [6, 6.07) is 2.78. The third kappa shape index (κ3) is 3.56. The summed E-state index contributed by atoms with van der Waals surface area (Å²) in [5.41, 5.74) is 3.00. The van der Waals surface area contributed by atoms with Crippen molar-refractivity contribution in [3.63, 3.8) is 0 Å². The Morgan fingerprint density at radius 1 is 1.28 bits per heavy atom. The lowest BCUT2D eigenvalue weighted by molar-refractivity contribution is -0.141. The third-order valence-corrected chi connectivity index (χ3v) is 4.70. The number of benzene rings is 1. The highest BCUT2D eigenvalue weighted by Gasteiger charge is 2.45. The lowest BCUT2D eigenvalue weighted by atomic mass is 9.85. The van der Waals surface area contributed by atoms with E-state index in [0.717, 1.165) is 24.8 Å². The van der Waals surface area contributed by atoms with Crippen molar-refractivity contribution in [1.29, 1.82) is 0 Å². The molecule has 0 spiro atoms. The van der Waals surface area contributed by atoms with Crippen LogP contribution in [0.15, 0.2) is 12.1 Å². The molecule has 2 rings (SSSR count). The first-order valence-corrected chi connectivity index (χ1v) is 8.52. The van der Waals surface area contributed by atoms with Crippen LogP contribution in [0.4, 0.5) is 0 Å². The molecule has 0 bridgehead atoms. The molecule has 7 nitrogen and oxygen atoms in total. The van der Waals surface area contributed by atoms with Gasteiger partial charge in [0.15, 0.2) is 11.5 Å². The monoisotopic (exact) mass is 350 g/mol. The quantitative estimate of drug-likeness (QED) is 0.580. The number of carbonyl (C=O) groups excluding carboxylic acids is 2. The van der Waals surface area contributed by atoms with Crippen molar-refractivity contribution >= 4 is 11.8 Å². The average molecular weight is 350 g/mol. The standard InChI is InChI=1S/C18H26N2O5/c1-5-7-12-8-13(9-14(24-3)16(12)25-4)18(22)20-10-11(6-2)15(20)17(21)19-23/h8-9,11,15,23H,5-7,10H2,1-4H3,(H,19,21)/t11-,15-/m0/s1. The molecule has 0 radical (unpaired) electrons. The average Bonchev–Trinajstić information content (AvgIpc) is 2.60. The zero-order valence-electron chi connectivity index (χ0n) is 15.2. The number of nitrogens with zero attached hydrogens (tertiary/aromatic N) is 1. The molecule has 2 atom stereocenters. The topological polar surface area (TPSA) is 88.1 Å². The minimum atomic E-state index is -0.648. The zero-order chi connectivity index (χ0) is 18.6. The highest BCUT2D eigenvalue weighted by atomic mass is 16.5. The minimum Gasteiger partial charge on any atom is -0.493 e.